The molecule has 0 amide bonds. The Morgan fingerprint density at radius 3 is 2.31 bits per heavy atom. The van der Waals surface area contributed by atoms with E-state index >= 15 is 0 Å². The fourth-order valence-corrected chi connectivity index (χ4v) is 1.12. The Hall–Kier alpha value is -1.06. The molecule has 0 aliphatic rings. The molecular formula is C9H10F3N. The Morgan fingerprint density at radius 1 is 1.31 bits per heavy atom. The molecule has 0 aromatic carbocycles. The molecule has 1 aromatic rings. The molecule has 0 radical (unpaired) electrons. The van der Waals surface area contributed by atoms with Crippen molar-refractivity contribution in [3.8, 4) is 0 Å². The normalized spacial score (nSPS) is 12.2. The topological polar surface area (TPSA) is 12.9 Å². The van der Waals surface area contributed by atoms with Crippen LogP contribution in [0.1, 0.15) is 31.0 Å². The average Bonchev–Trinajstić information content (AvgIpc) is 2.03. The molecule has 0 saturated heterocycles. The van der Waals surface area contributed by atoms with E-state index in [1.807, 2.05) is 0 Å². The van der Waals surface area contributed by atoms with E-state index in [0.29, 0.717) is 0 Å². The molecule has 0 fully saturated rings. The zero-order valence-corrected chi connectivity index (χ0v) is 7.39. The molecule has 0 atom stereocenters. The molecule has 1 nitrogen and oxygen atoms in total. The molecular weight excluding hydrogens is 179 g/mol. The van der Waals surface area contributed by atoms with E-state index in [9.17, 15) is 13.2 Å². The Labute approximate surface area is 74.6 Å². The third kappa shape index (κ3) is 2.20. The molecule has 13 heavy (non-hydrogen) atoms. The first-order valence-corrected chi connectivity index (χ1v) is 3.95. The maximum absolute atomic E-state index is 12.4. The Kier molecular flexibility index (Phi) is 2.59. The lowest BCUT2D eigenvalue weighted by Crippen LogP contribution is -2.11. The second kappa shape index (κ2) is 3.36. The maximum Gasteiger partial charge on any atom is 0.418 e. The predicted octanol–water partition coefficient (Wildman–Crippen LogP) is 3.22. The number of hydrogen-bond donors (Lipinski definition) is 0. The van der Waals surface area contributed by atoms with Crippen molar-refractivity contribution in [1.29, 1.82) is 0 Å². The smallest absolute Gasteiger partial charge is 0.260 e. The van der Waals surface area contributed by atoms with Gasteiger partial charge in [-0.2, -0.15) is 13.2 Å². The van der Waals surface area contributed by atoms with Gasteiger partial charge in [0.15, 0.2) is 0 Å². The van der Waals surface area contributed by atoms with Crippen LogP contribution in [0.2, 0.25) is 0 Å². The molecule has 0 N–H and O–H groups in total. The molecule has 1 rings (SSSR count). The van der Waals surface area contributed by atoms with E-state index in [4.69, 9.17) is 0 Å². The van der Waals surface area contributed by atoms with Crippen molar-refractivity contribution in [1.82, 2.24) is 4.98 Å². The quantitative estimate of drug-likeness (QED) is 0.660. The van der Waals surface area contributed by atoms with Gasteiger partial charge in [-0.05, 0) is 18.1 Å². The van der Waals surface area contributed by atoms with Crippen molar-refractivity contribution in [3.05, 3.63) is 29.6 Å². The van der Waals surface area contributed by atoms with Crippen LogP contribution < -0.4 is 0 Å². The number of hydrogen-bond acceptors (Lipinski definition) is 1. The van der Waals surface area contributed by atoms with Crippen molar-refractivity contribution in [3.63, 3.8) is 0 Å². The molecule has 0 saturated carbocycles. The van der Waals surface area contributed by atoms with Gasteiger partial charge in [-0.25, -0.2) is 0 Å². The number of halogens is 3. The van der Waals surface area contributed by atoms with Crippen LogP contribution >= 0.6 is 0 Å². The van der Waals surface area contributed by atoms with Gasteiger partial charge in [0, 0.05) is 6.20 Å². The van der Waals surface area contributed by atoms with Crippen LogP contribution in [0.15, 0.2) is 18.3 Å². The van der Waals surface area contributed by atoms with Crippen LogP contribution in [0, 0.1) is 0 Å². The van der Waals surface area contributed by atoms with Gasteiger partial charge in [-0.3, -0.25) is 4.98 Å². The fraction of sp³-hybridized carbons (Fsp3) is 0.444. The first-order chi connectivity index (χ1) is 5.93. The van der Waals surface area contributed by atoms with Gasteiger partial charge in [0.25, 0.3) is 0 Å². The van der Waals surface area contributed by atoms with Crippen LogP contribution in [0.3, 0.4) is 0 Å². The number of alkyl halides is 3. The van der Waals surface area contributed by atoms with E-state index in [0.717, 1.165) is 6.07 Å². The summed E-state index contributed by atoms with van der Waals surface area (Å²) in [4.78, 5) is 3.72. The van der Waals surface area contributed by atoms with Gasteiger partial charge in [0.05, 0.1) is 11.3 Å². The summed E-state index contributed by atoms with van der Waals surface area (Å²) >= 11 is 0. The van der Waals surface area contributed by atoms with Gasteiger partial charge >= 0.3 is 6.18 Å². The Balaban J connectivity index is 3.20. The third-order valence-electron chi connectivity index (χ3n) is 1.69. The van der Waals surface area contributed by atoms with Gasteiger partial charge in [-0.1, -0.05) is 13.8 Å². The average molecular weight is 189 g/mol. The molecule has 4 heteroatoms. The monoisotopic (exact) mass is 189 g/mol. The molecule has 1 aromatic heterocycles. The van der Waals surface area contributed by atoms with Crippen molar-refractivity contribution < 1.29 is 13.2 Å². The highest BCUT2D eigenvalue weighted by atomic mass is 19.4. The SMILES string of the molecule is CC(C)c1ncccc1C(F)(F)F. The first kappa shape index (κ1) is 10.0. The molecule has 0 aliphatic heterocycles. The Bertz CT molecular complexity index is 291. The molecule has 0 spiro atoms. The van der Waals surface area contributed by atoms with Gasteiger partial charge < -0.3 is 0 Å². The van der Waals surface area contributed by atoms with E-state index in [-0.39, 0.29) is 11.6 Å². The molecule has 72 valence electrons. The zero-order valence-electron chi connectivity index (χ0n) is 7.39. The minimum atomic E-state index is -4.30. The highest BCUT2D eigenvalue weighted by Gasteiger charge is 2.34. The second-order valence-electron chi connectivity index (χ2n) is 3.09. The van der Waals surface area contributed by atoms with Gasteiger partial charge in [0.1, 0.15) is 0 Å². The minimum Gasteiger partial charge on any atom is -0.260 e. The second-order valence-corrected chi connectivity index (χ2v) is 3.09. The van der Waals surface area contributed by atoms with E-state index in [1.54, 1.807) is 13.8 Å². The molecule has 0 unspecified atom stereocenters. The summed E-state index contributed by atoms with van der Waals surface area (Å²) in [5, 5.41) is 0. The van der Waals surface area contributed by atoms with Crippen LogP contribution in [-0.2, 0) is 6.18 Å². The minimum absolute atomic E-state index is 0.106. The summed E-state index contributed by atoms with van der Waals surface area (Å²) in [7, 11) is 0. The fourth-order valence-electron chi connectivity index (χ4n) is 1.12. The predicted molar refractivity (Wildman–Crippen MR) is 43.3 cm³/mol. The highest BCUT2D eigenvalue weighted by Crippen LogP contribution is 2.33. The van der Waals surface area contributed by atoms with E-state index in [1.165, 1.54) is 12.3 Å². The van der Waals surface area contributed by atoms with Crippen molar-refractivity contribution >= 4 is 0 Å². The number of rotatable bonds is 1. The summed E-state index contributed by atoms with van der Waals surface area (Å²) in [5.74, 6) is -0.210. The summed E-state index contributed by atoms with van der Waals surface area (Å²) < 4.78 is 37.1. The summed E-state index contributed by atoms with van der Waals surface area (Å²) in [5.41, 5.74) is -0.528. The van der Waals surface area contributed by atoms with Crippen LogP contribution in [0.5, 0.6) is 0 Å². The third-order valence-corrected chi connectivity index (χ3v) is 1.69. The van der Waals surface area contributed by atoms with Crippen molar-refractivity contribution in [2.45, 2.75) is 25.9 Å². The number of aromatic nitrogens is 1. The zero-order chi connectivity index (χ0) is 10.1. The Morgan fingerprint density at radius 2 is 1.92 bits per heavy atom. The summed E-state index contributed by atoms with van der Waals surface area (Å²) in [6.07, 6.45) is -2.92. The molecule has 1 heterocycles. The first-order valence-electron chi connectivity index (χ1n) is 3.95. The summed E-state index contributed by atoms with van der Waals surface area (Å²) in [6, 6.07) is 2.36. The van der Waals surface area contributed by atoms with E-state index in [2.05, 4.69) is 4.98 Å². The standard InChI is InChI=1S/C9H10F3N/c1-6(2)8-7(9(10,11)12)4-3-5-13-8/h3-6H,1-2H3. The maximum atomic E-state index is 12.4. The lowest BCUT2D eigenvalue weighted by atomic mass is 10.0. The van der Waals surface area contributed by atoms with Crippen molar-refractivity contribution in [2.24, 2.45) is 0 Å². The largest absolute Gasteiger partial charge is 0.418 e. The van der Waals surface area contributed by atoms with Crippen LogP contribution in [-0.4, -0.2) is 4.98 Å². The highest BCUT2D eigenvalue weighted by molar-refractivity contribution is 5.25. The lowest BCUT2D eigenvalue weighted by molar-refractivity contribution is -0.138. The van der Waals surface area contributed by atoms with Gasteiger partial charge in [-0.15, -0.1) is 0 Å². The number of pyridine rings is 1. The van der Waals surface area contributed by atoms with Crippen LogP contribution in [0.4, 0.5) is 13.2 Å². The lowest BCUT2D eigenvalue weighted by Gasteiger charge is -2.13. The van der Waals surface area contributed by atoms with Crippen molar-refractivity contribution in [2.75, 3.05) is 0 Å². The number of nitrogens with zero attached hydrogens (tertiary/aromatic N) is 1. The van der Waals surface area contributed by atoms with E-state index < -0.39 is 11.7 Å². The molecule has 0 bridgehead atoms. The molecule has 0 aliphatic carbocycles. The summed E-state index contributed by atoms with van der Waals surface area (Å²) in [6.45, 7) is 3.38. The van der Waals surface area contributed by atoms with Crippen LogP contribution in [0.25, 0.3) is 0 Å². The van der Waals surface area contributed by atoms with Gasteiger partial charge in [0.2, 0.25) is 0 Å².